The van der Waals surface area contributed by atoms with E-state index in [-0.39, 0.29) is 0 Å². The standard InChI is InChI=1S/C15H19N3OS/c1-18(9-12-4-5-19-11-12)10-13-7-16-15(17-8-13)14-3-2-6-20-14/h2-3,6-8,12H,4-5,9-11H2,1H3/t12-/m1/s1. The van der Waals surface area contributed by atoms with Crippen molar-refractivity contribution >= 4 is 11.3 Å². The van der Waals surface area contributed by atoms with Gasteiger partial charge in [0, 0.05) is 37.7 Å². The van der Waals surface area contributed by atoms with Gasteiger partial charge < -0.3 is 9.64 Å². The monoisotopic (exact) mass is 289 g/mol. The van der Waals surface area contributed by atoms with Gasteiger partial charge in [-0.15, -0.1) is 11.3 Å². The molecule has 1 aliphatic rings. The first-order chi connectivity index (χ1) is 9.81. The number of thiophene rings is 1. The van der Waals surface area contributed by atoms with Crippen LogP contribution in [0.4, 0.5) is 0 Å². The minimum absolute atomic E-state index is 0.673. The van der Waals surface area contributed by atoms with Crippen LogP contribution in [0.1, 0.15) is 12.0 Å². The number of aromatic nitrogens is 2. The van der Waals surface area contributed by atoms with E-state index >= 15 is 0 Å². The fraction of sp³-hybridized carbons (Fsp3) is 0.467. The highest BCUT2D eigenvalue weighted by atomic mass is 32.1. The second-order valence-corrected chi connectivity index (χ2v) is 6.27. The first-order valence-electron chi connectivity index (χ1n) is 6.92. The zero-order valence-corrected chi connectivity index (χ0v) is 12.5. The fourth-order valence-electron chi connectivity index (χ4n) is 2.51. The Morgan fingerprint density at radius 3 is 2.90 bits per heavy atom. The molecular formula is C15H19N3OS. The summed E-state index contributed by atoms with van der Waals surface area (Å²) >= 11 is 1.67. The summed E-state index contributed by atoms with van der Waals surface area (Å²) < 4.78 is 5.42. The Balaban J connectivity index is 1.57. The van der Waals surface area contributed by atoms with Gasteiger partial charge in [0.05, 0.1) is 11.5 Å². The van der Waals surface area contributed by atoms with Crippen molar-refractivity contribution in [2.24, 2.45) is 5.92 Å². The molecule has 0 amide bonds. The van der Waals surface area contributed by atoms with Crippen LogP contribution in [-0.2, 0) is 11.3 Å². The van der Waals surface area contributed by atoms with Crippen molar-refractivity contribution < 1.29 is 4.74 Å². The van der Waals surface area contributed by atoms with Gasteiger partial charge in [-0.1, -0.05) is 6.07 Å². The minimum atomic E-state index is 0.673. The highest BCUT2D eigenvalue weighted by Crippen LogP contribution is 2.20. The van der Waals surface area contributed by atoms with Crippen molar-refractivity contribution in [2.45, 2.75) is 13.0 Å². The van der Waals surface area contributed by atoms with E-state index in [1.54, 1.807) is 11.3 Å². The molecule has 0 aliphatic carbocycles. The highest BCUT2D eigenvalue weighted by molar-refractivity contribution is 7.13. The van der Waals surface area contributed by atoms with E-state index in [0.717, 1.165) is 42.6 Å². The van der Waals surface area contributed by atoms with Crippen molar-refractivity contribution in [1.29, 1.82) is 0 Å². The number of hydrogen-bond donors (Lipinski definition) is 0. The van der Waals surface area contributed by atoms with Crippen LogP contribution in [0.5, 0.6) is 0 Å². The maximum absolute atomic E-state index is 5.42. The van der Waals surface area contributed by atoms with E-state index in [1.807, 2.05) is 29.9 Å². The van der Waals surface area contributed by atoms with Gasteiger partial charge in [-0.2, -0.15) is 0 Å². The fourth-order valence-corrected chi connectivity index (χ4v) is 3.19. The van der Waals surface area contributed by atoms with Crippen molar-refractivity contribution in [3.8, 4) is 10.7 Å². The Morgan fingerprint density at radius 2 is 2.25 bits per heavy atom. The Morgan fingerprint density at radius 1 is 1.40 bits per heavy atom. The molecule has 0 aromatic carbocycles. The summed E-state index contributed by atoms with van der Waals surface area (Å²) in [5, 5.41) is 2.05. The molecule has 2 aromatic heterocycles. The maximum atomic E-state index is 5.42. The molecule has 0 saturated carbocycles. The largest absolute Gasteiger partial charge is 0.381 e. The Hall–Kier alpha value is -1.30. The van der Waals surface area contributed by atoms with Gasteiger partial charge in [-0.05, 0) is 30.8 Å². The van der Waals surface area contributed by atoms with E-state index < -0.39 is 0 Å². The second kappa shape index (κ2) is 6.43. The summed E-state index contributed by atoms with van der Waals surface area (Å²) in [5.41, 5.74) is 1.16. The number of nitrogens with zero attached hydrogens (tertiary/aromatic N) is 3. The molecule has 0 bridgehead atoms. The lowest BCUT2D eigenvalue weighted by Gasteiger charge is -2.19. The van der Waals surface area contributed by atoms with Crippen LogP contribution in [0.3, 0.4) is 0 Å². The molecule has 106 valence electrons. The molecule has 1 atom stereocenters. The molecule has 20 heavy (non-hydrogen) atoms. The van der Waals surface area contributed by atoms with E-state index in [0.29, 0.717) is 5.92 Å². The number of hydrogen-bond acceptors (Lipinski definition) is 5. The summed E-state index contributed by atoms with van der Waals surface area (Å²) in [4.78, 5) is 12.3. The van der Waals surface area contributed by atoms with Gasteiger partial charge >= 0.3 is 0 Å². The zero-order chi connectivity index (χ0) is 13.8. The summed E-state index contributed by atoms with van der Waals surface area (Å²) in [7, 11) is 2.14. The molecule has 3 rings (SSSR count). The van der Waals surface area contributed by atoms with E-state index in [1.165, 1.54) is 6.42 Å². The SMILES string of the molecule is CN(Cc1cnc(-c2cccs2)nc1)C[C@H]1CCOC1. The molecule has 4 nitrogen and oxygen atoms in total. The normalized spacial score (nSPS) is 18.8. The minimum Gasteiger partial charge on any atom is -0.381 e. The molecule has 0 N–H and O–H groups in total. The molecule has 0 spiro atoms. The van der Waals surface area contributed by atoms with Crippen LogP contribution in [0.2, 0.25) is 0 Å². The van der Waals surface area contributed by atoms with Crippen LogP contribution >= 0.6 is 11.3 Å². The van der Waals surface area contributed by atoms with Crippen molar-refractivity contribution in [2.75, 3.05) is 26.8 Å². The molecular weight excluding hydrogens is 270 g/mol. The molecule has 5 heteroatoms. The average molecular weight is 289 g/mol. The smallest absolute Gasteiger partial charge is 0.169 e. The lowest BCUT2D eigenvalue weighted by atomic mass is 10.1. The van der Waals surface area contributed by atoms with Crippen molar-refractivity contribution in [1.82, 2.24) is 14.9 Å². The molecule has 2 aromatic rings. The van der Waals surface area contributed by atoms with Gasteiger partial charge in [0.15, 0.2) is 5.82 Å². The van der Waals surface area contributed by atoms with Gasteiger partial charge in [-0.3, -0.25) is 0 Å². The number of rotatable bonds is 5. The molecule has 1 saturated heterocycles. The highest BCUT2D eigenvalue weighted by Gasteiger charge is 2.17. The summed E-state index contributed by atoms with van der Waals surface area (Å²) in [6, 6.07) is 4.07. The van der Waals surface area contributed by atoms with E-state index in [2.05, 4.69) is 21.9 Å². The van der Waals surface area contributed by atoms with Gasteiger partial charge in [0.25, 0.3) is 0 Å². The second-order valence-electron chi connectivity index (χ2n) is 5.32. The van der Waals surface area contributed by atoms with Crippen molar-refractivity contribution in [3.05, 3.63) is 35.5 Å². The molecule has 3 heterocycles. The Bertz CT molecular complexity index is 521. The predicted octanol–water partition coefficient (Wildman–Crippen LogP) is 2.67. The maximum Gasteiger partial charge on any atom is 0.169 e. The average Bonchev–Trinajstić information content (AvgIpc) is 3.12. The lowest BCUT2D eigenvalue weighted by Crippen LogP contribution is -2.25. The third-order valence-electron chi connectivity index (χ3n) is 3.49. The molecule has 0 unspecified atom stereocenters. The van der Waals surface area contributed by atoms with Gasteiger partial charge in [0.1, 0.15) is 0 Å². The molecule has 1 aliphatic heterocycles. The Kier molecular flexibility index (Phi) is 4.40. The van der Waals surface area contributed by atoms with Gasteiger partial charge in [-0.25, -0.2) is 9.97 Å². The molecule has 1 fully saturated rings. The summed E-state index contributed by atoms with van der Waals surface area (Å²) in [6.45, 7) is 3.78. The first kappa shape index (κ1) is 13.7. The van der Waals surface area contributed by atoms with E-state index in [9.17, 15) is 0 Å². The topological polar surface area (TPSA) is 38.2 Å². The van der Waals surface area contributed by atoms with Crippen LogP contribution in [-0.4, -0.2) is 41.7 Å². The van der Waals surface area contributed by atoms with Gasteiger partial charge in [0.2, 0.25) is 0 Å². The van der Waals surface area contributed by atoms with Crippen LogP contribution in [0.25, 0.3) is 10.7 Å². The van der Waals surface area contributed by atoms with Crippen LogP contribution < -0.4 is 0 Å². The predicted molar refractivity (Wildman–Crippen MR) is 80.6 cm³/mol. The van der Waals surface area contributed by atoms with Crippen molar-refractivity contribution in [3.63, 3.8) is 0 Å². The molecule has 0 radical (unpaired) electrons. The van der Waals surface area contributed by atoms with E-state index in [4.69, 9.17) is 4.74 Å². The quantitative estimate of drug-likeness (QED) is 0.848. The van der Waals surface area contributed by atoms with Crippen LogP contribution in [0, 0.1) is 5.92 Å². The zero-order valence-electron chi connectivity index (χ0n) is 11.7. The van der Waals surface area contributed by atoms with Crippen LogP contribution in [0.15, 0.2) is 29.9 Å². The first-order valence-corrected chi connectivity index (χ1v) is 7.80. The summed E-state index contributed by atoms with van der Waals surface area (Å²) in [6.07, 6.45) is 5.05. The Labute approximate surface area is 123 Å². The third-order valence-corrected chi connectivity index (χ3v) is 4.36. The third kappa shape index (κ3) is 3.42. The number of ether oxygens (including phenoxy) is 1. The summed E-state index contributed by atoms with van der Waals surface area (Å²) in [5.74, 6) is 1.49. The lowest BCUT2D eigenvalue weighted by molar-refractivity contribution is 0.173.